The van der Waals surface area contributed by atoms with Crippen LogP contribution < -0.4 is 5.73 Å². The standard InChI is InChI=1S/C16H21F2NO2/c1-2-5-14-15(13(20)8-9-21-14)16(19,10-17)11-6-3-4-7-12(11)18/h2-4,6-7,13-15,20H,1,5,8-10,19H2/t13-,14+,15-,16?/m1/s1. The lowest BCUT2D eigenvalue weighted by atomic mass is 9.71. The van der Waals surface area contributed by atoms with Crippen LogP contribution in [0.25, 0.3) is 0 Å². The van der Waals surface area contributed by atoms with Crippen LogP contribution in [0.5, 0.6) is 0 Å². The summed E-state index contributed by atoms with van der Waals surface area (Å²) in [5.74, 6) is -1.31. The molecule has 116 valence electrons. The van der Waals surface area contributed by atoms with Crippen LogP contribution >= 0.6 is 0 Å². The van der Waals surface area contributed by atoms with E-state index in [-0.39, 0.29) is 5.56 Å². The van der Waals surface area contributed by atoms with Crippen molar-refractivity contribution >= 4 is 0 Å². The molecule has 0 aromatic heterocycles. The van der Waals surface area contributed by atoms with Gasteiger partial charge in [-0.3, -0.25) is 0 Å². The van der Waals surface area contributed by atoms with Crippen molar-refractivity contribution in [3.63, 3.8) is 0 Å². The monoisotopic (exact) mass is 297 g/mol. The highest BCUT2D eigenvalue weighted by Gasteiger charge is 2.48. The fourth-order valence-corrected chi connectivity index (χ4v) is 3.10. The molecule has 1 aromatic carbocycles. The molecular formula is C16H21F2NO2. The van der Waals surface area contributed by atoms with Gasteiger partial charge in [0.15, 0.2) is 0 Å². The Hall–Kier alpha value is -1.30. The zero-order chi connectivity index (χ0) is 15.5. The van der Waals surface area contributed by atoms with E-state index in [2.05, 4.69) is 6.58 Å². The number of aliphatic hydroxyl groups is 1. The van der Waals surface area contributed by atoms with Crippen molar-refractivity contribution in [1.82, 2.24) is 0 Å². The Balaban J connectivity index is 2.45. The van der Waals surface area contributed by atoms with E-state index in [0.717, 1.165) is 0 Å². The van der Waals surface area contributed by atoms with Crippen molar-refractivity contribution in [1.29, 1.82) is 0 Å². The van der Waals surface area contributed by atoms with Crippen LogP contribution in [0.15, 0.2) is 36.9 Å². The van der Waals surface area contributed by atoms with Crippen molar-refractivity contribution in [2.75, 3.05) is 13.3 Å². The number of aliphatic hydroxyl groups excluding tert-OH is 1. The van der Waals surface area contributed by atoms with Crippen molar-refractivity contribution in [2.24, 2.45) is 11.7 Å². The van der Waals surface area contributed by atoms with Crippen molar-refractivity contribution in [3.8, 4) is 0 Å². The average molecular weight is 297 g/mol. The number of ether oxygens (including phenoxy) is 1. The average Bonchev–Trinajstić information content (AvgIpc) is 2.47. The molecule has 1 fully saturated rings. The molecule has 0 amide bonds. The van der Waals surface area contributed by atoms with Gasteiger partial charge in [0.05, 0.1) is 17.7 Å². The minimum atomic E-state index is -1.63. The highest BCUT2D eigenvalue weighted by Crippen LogP contribution is 2.39. The number of benzene rings is 1. The maximum atomic E-state index is 14.1. The van der Waals surface area contributed by atoms with Gasteiger partial charge in [0.25, 0.3) is 0 Å². The van der Waals surface area contributed by atoms with Crippen molar-refractivity contribution < 1.29 is 18.6 Å². The summed E-state index contributed by atoms with van der Waals surface area (Å²) in [6.07, 6.45) is 1.09. The number of alkyl halides is 1. The molecule has 21 heavy (non-hydrogen) atoms. The number of halogens is 2. The smallest absolute Gasteiger partial charge is 0.128 e. The number of hydrogen-bond donors (Lipinski definition) is 2. The van der Waals surface area contributed by atoms with Gasteiger partial charge >= 0.3 is 0 Å². The highest BCUT2D eigenvalue weighted by molar-refractivity contribution is 5.28. The Kier molecular flexibility index (Phi) is 5.08. The normalized spacial score (nSPS) is 28.9. The molecule has 0 radical (unpaired) electrons. The molecule has 5 heteroatoms. The van der Waals surface area contributed by atoms with E-state index in [1.807, 2.05) is 0 Å². The van der Waals surface area contributed by atoms with E-state index in [0.29, 0.717) is 19.4 Å². The molecule has 1 unspecified atom stereocenters. The predicted molar refractivity (Wildman–Crippen MR) is 76.9 cm³/mol. The van der Waals surface area contributed by atoms with Gasteiger partial charge in [0.2, 0.25) is 0 Å². The SMILES string of the molecule is C=CC[C@@H]1OCC[C@@H](O)[C@H]1C(N)(CF)c1ccccc1F. The first kappa shape index (κ1) is 16.1. The number of nitrogens with two attached hydrogens (primary N) is 1. The van der Waals surface area contributed by atoms with Crippen LogP contribution in [-0.4, -0.2) is 30.6 Å². The summed E-state index contributed by atoms with van der Waals surface area (Å²) < 4.78 is 33.5. The van der Waals surface area contributed by atoms with Crippen LogP contribution in [0, 0.1) is 11.7 Å². The predicted octanol–water partition coefficient (Wildman–Crippen LogP) is 2.29. The Morgan fingerprint density at radius 1 is 1.48 bits per heavy atom. The first-order chi connectivity index (χ1) is 10.0. The summed E-state index contributed by atoms with van der Waals surface area (Å²) in [5.41, 5.74) is 4.66. The molecular weight excluding hydrogens is 276 g/mol. The van der Waals surface area contributed by atoms with Gasteiger partial charge in [-0.15, -0.1) is 6.58 Å². The molecule has 0 saturated carbocycles. The molecule has 1 aliphatic rings. The molecule has 1 aliphatic heterocycles. The maximum Gasteiger partial charge on any atom is 0.128 e. The molecule has 3 nitrogen and oxygen atoms in total. The third kappa shape index (κ3) is 3.00. The van der Waals surface area contributed by atoms with Gasteiger partial charge in [-0.1, -0.05) is 24.3 Å². The fraction of sp³-hybridized carbons (Fsp3) is 0.500. The quantitative estimate of drug-likeness (QED) is 0.820. The molecule has 2 rings (SSSR count). The molecule has 4 atom stereocenters. The van der Waals surface area contributed by atoms with Crippen molar-refractivity contribution in [2.45, 2.75) is 30.6 Å². The third-order valence-corrected chi connectivity index (χ3v) is 4.15. The number of hydrogen-bond acceptors (Lipinski definition) is 3. The van der Waals surface area contributed by atoms with E-state index in [1.54, 1.807) is 12.1 Å². The van der Waals surface area contributed by atoms with Crippen LogP contribution in [-0.2, 0) is 10.3 Å². The van der Waals surface area contributed by atoms with Crippen molar-refractivity contribution in [3.05, 3.63) is 48.3 Å². The second kappa shape index (κ2) is 6.64. The van der Waals surface area contributed by atoms with Gasteiger partial charge < -0.3 is 15.6 Å². The van der Waals surface area contributed by atoms with Crippen LogP contribution in [0.3, 0.4) is 0 Å². The first-order valence-corrected chi connectivity index (χ1v) is 7.05. The van der Waals surface area contributed by atoms with Gasteiger partial charge in [-0.2, -0.15) is 0 Å². The van der Waals surface area contributed by atoms with Crippen LogP contribution in [0.1, 0.15) is 18.4 Å². The highest BCUT2D eigenvalue weighted by atomic mass is 19.1. The van der Waals surface area contributed by atoms with E-state index in [4.69, 9.17) is 10.5 Å². The second-order valence-corrected chi connectivity index (χ2v) is 5.47. The Bertz CT molecular complexity index is 497. The van der Waals surface area contributed by atoms with E-state index in [1.165, 1.54) is 18.2 Å². The van der Waals surface area contributed by atoms with E-state index >= 15 is 0 Å². The second-order valence-electron chi connectivity index (χ2n) is 5.47. The summed E-state index contributed by atoms with van der Waals surface area (Å²) in [7, 11) is 0. The summed E-state index contributed by atoms with van der Waals surface area (Å²) in [4.78, 5) is 0. The lowest BCUT2D eigenvalue weighted by molar-refractivity contribution is -0.121. The third-order valence-electron chi connectivity index (χ3n) is 4.15. The van der Waals surface area contributed by atoms with Gasteiger partial charge in [-0.25, -0.2) is 8.78 Å². The lowest BCUT2D eigenvalue weighted by Gasteiger charge is -2.45. The fourth-order valence-electron chi connectivity index (χ4n) is 3.10. The van der Waals surface area contributed by atoms with E-state index in [9.17, 15) is 13.9 Å². The maximum absolute atomic E-state index is 14.1. The minimum absolute atomic E-state index is 0.0658. The summed E-state index contributed by atoms with van der Waals surface area (Å²) in [6.45, 7) is 3.03. The Morgan fingerprint density at radius 2 is 2.19 bits per heavy atom. The topological polar surface area (TPSA) is 55.5 Å². The van der Waals surface area contributed by atoms with E-state index < -0.39 is 36.2 Å². The molecule has 0 aliphatic carbocycles. The minimum Gasteiger partial charge on any atom is -0.393 e. The summed E-state index contributed by atoms with van der Waals surface area (Å²) in [5, 5.41) is 10.3. The van der Waals surface area contributed by atoms with Crippen LogP contribution in [0.2, 0.25) is 0 Å². The summed E-state index contributed by atoms with van der Waals surface area (Å²) in [6, 6.07) is 5.83. The molecule has 1 aromatic rings. The largest absolute Gasteiger partial charge is 0.393 e. The zero-order valence-corrected chi connectivity index (χ0v) is 11.8. The first-order valence-electron chi connectivity index (χ1n) is 7.05. The molecule has 0 spiro atoms. The van der Waals surface area contributed by atoms with Gasteiger partial charge in [-0.05, 0) is 18.9 Å². The molecule has 3 N–H and O–H groups in total. The molecule has 0 bridgehead atoms. The molecule has 1 heterocycles. The summed E-state index contributed by atoms with van der Waals surface area (Å²) >= 11 is 0. The van der Waals surface area contributed by atoms with Gasteiger partial charge in [0.1, 0.15) is 12.5 Å². The Labute approximate surface area is 123 Å². The Morgan fingerprint density at radius 3 is 2.81 bits per heavy atom. The zero-order valence-electron chi connectivity index (χ0n) is 11.8. The molecule has 1 saturated heterocycles. The van der Waals surface area contributed by atoms with Crippen LogP contribution in [0.4, 0.5) is 8.78 Å². The lowest BCUT2D eigenvalue weighted by Crippen LogP contribution is -2.58. The van der Waals surface area contributed by atoms with Gasteiger partial charge in [0, 0.05) is 18.1 Å². The number of rotatable bonds is 5.